The molecule has 2 rings (SSSR count). The monoisotopic (exact) mass is 256 g/mol. The van der Waals surface area contributed by atoms with Crippen molar-refractivity contribution in [3.05, 3.63) is 64.7 Å². The fraction of sp³-hybridized carbons (Fsp3) is 0.294. The van der Waals surface area contributed by atoms with E-state index in [-0.39, 0.29) is 6.61 Å². The smallest absolute Gasteiger partial charge is 0.123 e. The first-order chi connectivity index (χ1) is 9.22. The van der Waals surface area contributed by atoms with Crippen LogP contribution in [0.5, 0.6) is 5.75 Å². The topological polar surface area (TPSA) is 29.5 Å². The van der Waals surface area contributed by atoms with Crippen molar-refractivity contribution >= 4 is 0 Å². The predicted octanol–water partition coefficient (Wildman–Crippen LogP) is 3.42. The molecule has 0 atom stereocenters. The normalized spacial score (nSPS) is 10.5. The summed E-state index contributed by atoms with van der Waals surface area (Å²) in [5.41, 5.74) is 4.79. The molecule has 0 spiro atoms. The number of benzene rings is 2. The van der Waals surface area contributed by atoms with E-state index in [0.717, 1.165) is 11.3 Å². The number of rotatable bonds is 5. The minimum atomic E-state index is 0.143. The Morgan fingerprint density at radius 1 is 0.947 bits per heavy atom. The van der Waals surface area contributed by atoms with E-state index in [0.29, 0.717) is 13.0 Å². The largest absolute Gasteiger partial charge is 0.489 e. The molecule has 0 saturated carbocycles. The molecule has 1 N–H and O–H groups in total. The number of aliphatic hydroxyl groups excluding tert-OH is 1. The molecule has 0 heterocycles. The molecule has 2 aromatic carbocycles. The summed E-state index contributed by atoms with van der Waals surface area (Å²) in [7, 11) is 0. The van der Waals surface area contributed by atoms with Crippen LogP contribution < -0.4 is 4.74 Å². The molecule has 0 aliphatic heterocycles. The van der Waals surface area contributed by atoms with E-state index in [1.165, 1.54) is 16.7 Å². The maximum absolute atomic E-state index is 9.06. The third kappa shape index (κ3) is 3.36. The van der Waals surface area contributed by atoms with Crippen LogP contribution in [0.25, 0.3) is 0 Å². The van der Waals surface area contributed by atoms with Crippen molar-refractivity contribution in [3.8, 4) is 5.75 Å². The molecule has 19 heavy (non-hydrogen) atoms. The molecule has 0 unspecified atom stereocenters. The Labute approximate surface area is 114 Å². The van der Waals surface area contributed by atoms with E-state index < -0.39 is 0 Å². The highest BCUT2D eigenvalue weighted by Gasteiger charge is 2.06. The third-order valence-electron chi connectivity index (χ3n) is 3.37. The lowest BCUT2D eigenvalue weighted by Gasteiger charge is -2.14. The van der Waals surface area contributed by atoms with Crippen molar-refractivity contribution in [2.24, 2.45) is 0 Å². The molecule has 2 aromatic rings. The van der Waals surface area contributed by atoms with Crippen LogP contribution in [0.1, 0.15) is 22.3 Å². The lowest BCUT2D eigenvalue weighted by atomic mass is 10.0. The van der Waals surface area contributed by atoms with Crippen LogP contribution in [-0.2, 0) is 13.0 Å². The van der Waals surface area contributed by atoms with Gasteiger partial charge in [-0.25, -0.2) is 0 Å². The summed E-state index contributed by atoms with van der Waals surface area (Å²) in [6, 6.07) is 14.1. The van der Waals surface area contributed by atoms with Crippen molar-refractivity contribution in [2.45, 2.75) is 26.9 Å². The third-order valence-corrected chi connectivity index (χ3v) is 3.37. The maximum Gasteiger partial charge on any atom is 0.123 e. The highest BCUT2D eigenvalue weighted by atomic mass is 16.5. The average molecular weight is 256 g/mol. The second-order valence-electron chi connectivity index (χ2n) is 4.74. The van der Waals surface area contributed by atoms with Crippen LogP contribution in [0, 0.1) is 13.8 Å². The fourth-order valence-corrected chi connectivity index (χ4v) is 2.20. The Morgan fingerprint density at radius 2 is 1.63 bits per heavy atom. The van der Waals surface area contributed by atoms with Crippen LogP contribution in [0.15, 0.2) is 42.5 Å². The highest BCUT2D eigenvalue weighted by molar-refractivity contribution is 5.36. The Bertz CT molecular complexity index is 526. The number of aliphatic hydroxyl groups is 1. The molecule has 0 aliphatic carbocycles. The molecule has 0 aromatic heterocycles. The lowest BCUT2D eigenvalue weighted by molar-refractivity contribution is 0.283. The summed E-state index contributed by atoms with van der Waals surface area (Å²) >= 11 is 0. The van der Waals surface area contributed by atoms with E-state index in [4.69, 9.17) is 9.84 Å². The summed E-state index contributed by atoms with van der Waals surface area (Å²) in [6.07, 6.45) is 0.628. The van der Waals surface area contributed by atoms with Gasteiger partial charge in [-0.15, -0.1) is 0 Å². The molecular weight excluding hydrogens is 236 g/mol. The van der Waals surface area contributed by atoms with Gasteiger partial charge in [-0.2, -0.15) is 0 Å². The highest BCUT2D eigenvalue weighted by Crippen LogP contribution is 2.21. The Hall–Kier alpha value is -1.80. The molecule has 2 heteroatoms. The number of aryl methyl sites for hydroxylation is 2. The van der Waals surface area contributed by atoms with Gasteiger partial charge < -0.3 is 9.84 Å². The zero-order valence-corrected chi connectivity index (χ0v) is 11.5. The minimum Gasteiger partial charge on any atom is -0.489 e. The van der Waals surface area contributed by atoms with E-state index in [2.05, 4.69) is 32.0 Å². The Morgan fingerprint density at radius 3 is 2.32 bits per heavy atom. The molecule has 100 valence electrons. The number of hydrogen-bond acceptors (Lipinski definition) is 2. The summed E-state index contributed by atoms with van der Waals surface area (Å²) in [4.78, 5) is 0. The first-order valence-corrected chi connectivity index (χ1v) is 6.59. The van der Waals surface area contributed by atoms with Crippen molar-refractivity contribution in [2.75, 3.05) is 6.61 Å². The lowest BCUT2D eigenvalue weighted by Crippen LogP contribution is -2.03. The van der Waals surface area contributed by atoms with Gasteiger partial charge >= 0.3 is 0 Å². The zero-order valence-electron chi connectivity index (χ0n) is 11.5. The van der Waals surface area contributed by atoms with Crippen molar-refractivity contribution < 1.29 is 9.84 Å². The number of para-hydroxylation sites is 1. The van der Waals surface area contributed by atoms with Gasteiger partial charge in [-0.05, 0) is 48.6 Å². The summed E-state index contributed by atoms with van der Waals surface area (Å²) < 4.78 is 5.93. The standard InChI is InChI=1S/C17H20O2/c1-13-6-5-7-14(2)16(13)12-19-17-9-4-3-8-15(17)10-11-18/h3-9,18H,10-12H2,1-2H3. The van der Waals surface area contributed by atoms with E-state index in [1.807, 2.05) is 24.3 Å². The van der Waals surface area contributed by atoms with Crippen LogP contribution in [0.4, 0.5) is 0 Å². The molecule has 0 aliphatic rings. The van der Waals surface area contributed by atoms with E-state index in [1.54, 1.807) is 0 Å². The minimum absolute atomic E-state index is 0.143. The summed E-state index contributed by atoms with van der Waals surface area (Å²) in [5, 5.41) is 9.06. The van der Waals surface area contributed by atoms with Gasteiger partial charge in [0, 0.05) is 6.61 Å². The second-order valence-corrected chi connectivity index (χ2v) is 4.74. The Kier molecular flexibility index (Phi) is 4.58. The van der Waals surface area contributed by atoms with Crippen LogP contribution >= 0.6 is 0 Å². The van der Waals surface area contributed by atoms with Crippen LogP contribution in [0.2, 0.25) is 0 Å². The van der Waals surface area contributed by atoms with E-state index in [9.17, 15) is 0 Å². The predicted molar refractivity (Wildman–Crippen MR) is 77.5 cm³/mol. The molecule has 0 saturated heterocycles. The number of hydrogen-bond donors (Lipinski definition) is 1. The quantitative estimate of drug-likeness (QED) is 0.888. The molecule has 0 radical (unpaired) electrons. The average Bonchev–Trinajstić information content (AvgIpc) is 2.40. The van der Waals surface area contributed by atoms with E-state index >= 15 is 0 Å². The van der Waals surface area contributed by atoms with Gasteiger partial charge in [-0.1, -0.05) is 36.4 Å². The molecule has 2 nitrogen and oxygen atoms in total. The van der Waals surface area contributed by atoms with Crippen molar-refractivity contribution in [3.63, 3.8) is 0 Å². The molecular formula is C17H20O2. The molecule has 0 bridgehead atoms. The van der Waals surface area contributed by atoms with Gasteiger partial charge in [0.25, 0.3) is 0 Å². The fourth-order valence-electron chi connectivity index (χ4n) is 2.20. The summed E-state index contributed by atoms with van der Waals surface area (Å²) in [5.74, 6) is 0.860. The summed E-state index contributed by atoms with van der Waals surface area (Å²) in [6.45, 7) is 4.92. The van der Waals surface area contributed by atoms with Crippen LogP contribution in [-0.4, -0.2) is 11.7 Å². The van der Waals surface area contributed by atoms with Gasteiger partial charge in [0.15, 0.2) is 0 Å². The zero-order chi connectivity index (χ0) is 13.7. The van der Waals surface area contributed by atoms with Gasteiger partial charge in [0.05, 0.1) is 0 Å². The van der Waals surface area contributed by atoms with Gasteiger partial charge in [0.1, 0.15) is 12.4 Å². The molecule has 0 fully saturated rings. The first-order valence-electron chi connectivity index (χ1n) is 6.59. The van der Waals surface area contributed by atoms with Gasteiger partial charge in [-0.3, -0.25) is 0 Å². The first kappa shape index (κ1) is 13.6. The van der Waals surface area contributed by atoms with Crippen molar-refractivity contribution in [1.29, 1.82) is 0 Å². The van der Waals surface area contributed by atoms with Crippen molar-refractivity contribution in [1.82, 2.24) is 0 Å². The number of ether oxygens (including phenoxy) is 1. The Balaban J connectivity index is 2.15. The second kappa shape index (κ2) is 6.39. The van der Waals surface area contributed by atoms with Crippen LogP contribution in [0.3, 0.4) is 0 Å². The maximum atomic E-state index is 9.06. The molecule has 0 amide bonds. The SMILES string of the molecule is Cc1cccc(C)c1COc1ccccc1CCO. The van der Waals surface area contributed by atoms with Gasteiger partial charge in [0.2, 0.25) is 0 Å².